The molecule has 16 heavy (non-hydrogen) atoms. The lowest BCUT2D eigenvalue weighted by Crippen LogP contribution is -2.55. The highest BCUT2D eigenvalue weighted by Crippen LogP contribution is 2.66. The lowest BCUT2D eigenvalue weighted by molar-refractivity contribution is -0.0293. The highest BCUT2D eigenvalue weighted by atomic mass is 35.5. The van der Waals surface area contributed by atoms with Gasteiger partial charge in [-0.2, -0.15) is 0 Å². The molecular weight excluding hydrogens is 220 g/mol. The van der Waals surface area contributed by atoms with Crippen molar-refractivity contribution < 1.29 is 4.74 Å². The molecule has 0 radical (unpaired) electrons. The van der Waals surface area contributed by atoms with E-state index in [0.29, 0.717) is 5.41 Å². The van der Waals surface area contributed by atoms with Gasteiger partial charge in [0.15, 0.2) is 0 Å². The van der Waals surface area contributed by atoms with Gasteiger partial charge in [-0.05, 0) is 55.2 Å². The summed E-state index contributed by atoms with van der Waals surface area (Å²) < 4.78 is 5.83. The Bertz CT molecular complexity index is 396. The van der Waals surface area contributed by atoms with Gasteiger partial charge in [0.2, 0.25) is 0 Å². The number of ether oxygens (including phenoxy) is 1. The second-order valence-corrected chi connectivity index (χ2v) is 5.68. The molecule has 2 bridgehead atoms. The quantitative estimate of drug-likeness (QED) is 0.762. The normalized spacial score (nSPS) is 30.5. The Balaban J connectivity index is 1.90. The number of hydrogen-bond acceptors (Lipinski definition) is 1. The van der Waals surface area contributed by atoms with Gasteiger partial charge in [0, 0.05) is 10.6 Å². The molecule has 1 aromatic carbocycles. The lowest BCUT2D eigenvalue weighted by Gasteiger charge is -2.62. The van der Waals surface area contributed by atoms with Crippen molar-refractivity contribution in [2.45, 2.75) is 38.0 Å². The smallest absolute Gasteiger partial charge is 0.123 e. The van der Waals surface area contributed by atoms with Crippen LogP contribution in [0, 0.1) is 5.92 Å². The van der Waals surface area contributed by atoms with E-state index < -0.39 is 0 Å². The van der Waals surface area contributed by atoms with Gasteiger partial charge >= 0.3 is 0 Å². The van der Waals surface area contributed by atoms with Gasteiger partial charge in [0.05, 0.1) is 6.61 Å². The Labute approximate surface area is 102 Å². The third-order valence-electron chi connectivity index (χ3n) is 4.01. The van der Waals surface area contributed by atoms with E-state index >= 15 is 0 Å². The highest BCUT2D eigenvalue weighted by Gasteiger charge is 2.58. The first-order valence-corrected chi connectivity index (χ1v) is 6.54. The number of halogens is 1. The summed E-state index contributed by atoms with van der Waals surface area (Å²) in [5.41, 5.74) is 1.79. The van der Waals surface area contributed by atoms with Crippen LogP contribution in [0.25, 0.3) is 0 Å². The van der Waals surface area contributed by atoms with E-state index in [0.717, 1.165) is 29.7 Å². The Morgan fingerprint density at radius 1 is 1.38 bits per heavy atom. The fourth-order valence-electron chi connectivity index (χ4n) is 3.06. The first-order valence-electron chi connectivity index (χ1n) is 6.16. The third kappa shape index (κ3) is 1.45. The molecule has 0 aliphatic heterocycles. The average molecular weight is 237 g/mol. The molecule has 0 amide bonds. The van der Waals surface area contributed by atoms with Crippen LogP contribution < -0.4 is 4.74 Å². The summed E-state index contributed by atoms with van der Waals surface area (Å²) in [6.45, 7) is 2.94. The van der Waals surface area contributed by atoms with Crippen molar-refractivity contribution in [3.63, 3.8) is 0 Å². The summed E-state index contributed by atoms with van der Waals surface area (Å²) in [7, 11) is 0. The molecule has 0 aromatic heterocycles. The van der Waals surface area contributed by atoms with Crippen LogP contribution in [-0.2, 0) is 5.41 Å². The van der Waals surface area contributed by atoms with Crippen LogP contribution in [0.4, 0.5) is 0 Å². The summed E-state index contributed by atoms with van der Waals surface area (Å²) in [6, 6.07) is 6.08. The van der Waals surface area contributed by atoms with Gasteiger partial charge in [-0.25, -0.2) is 0 Å². The Hall–Kier alpha value is -0.690. The molecule has 0 spiro atoms. The maximum atomic E-state index is 6.10. The minimum Gasteiger partial charge on any atom is -0.493 e. The van der Waals surface area contributed by atoms with E-state index in [4.69, 9.17) is 16.3 Å². The van der Waals surface area contributed by atoms with Crippen molar-refractivity contribution in [2.75, 3.05) is 6.61 Å². The van der Waals surface area contributed by atoms with Crippen LogP contribution in [0.5, 0.6) is 5.75 Å². The first kappa shape index (κ1) is 10.5. The maximum absolute atomic E-state index is 6.10. The van der Waals surface area contributed by atoms with Crippen LogP contribution >= 0.6 is 11.6 Å². The molecule has 0 N–H and O–H groups in total. The second kappa shape index (κ2) is 3.66. The summed E-state index contributed by atoms with van der Waals surface area (Å²) in [6.07, 6.45) is 5.08. The van der Waals surface area contributed by atoms with Crippen LogP contribution in [0.2, 0.25) is 5.02 Å². The predicted molar refractivity (Wildman–Crippen MR) is 66.3 cm³/mol. The minimum absolute atomic E-state index is 0.429. The topological polar surface area (TPSA) is 9.23 Å². The van der Waals surface area contributed by atoms with Gasteiger partial charge in [-0.3, -0.25) is 0 Å². The van der Waals surface area contributed by atoms with Crippen molar-refractivity contribution in [2.24, 2.45) is 5.92 Å². The molecule has 3 fully saturated rings. The molecule has 3 aliphatic rings. The highest BCUT2D eigenvalue weighted by molar-refractivity contribution is 6.30. The van der Waals surface area contributed by atoms with Gasteiger partial charge < -0.3 is 4.74 Å². The van der Waals surface area contributed by atoms with Crippen molar-refractivity contribution in [3.8, 4) is 5.75 Å². The molecule has 0 atom stereocenters. The fraction of sp³-hybridized carbons (Fsp3) is 0.571. The third-order valence-corrected chi connectivity index (χ3v) is 4.25. The summed E-state index contributed by atoms with van der Waals surface area (Å²) in [5, 5.41) is 0.837. The average Bonchev–Trinajstić information content (AvgIpc) is 2.12. The van der Waals surface area contributed by atoms with Crippen molar-refractivity contribution in [1.82, 2.24) is 0 Å². The van der Waals surface area contributed by atoms with Crippen molar-refractivity contribution in [3.05, 3.63) is 28.8 Å². The Morgan fingerprint density at radius 3 is 2.69 bits per heavy atom. The molecule has 3 aliphatic carbocycles. The van der Waals surface area contributed by atoms with Gasteiger partial charge in [-0.1, -0.05) is 18.5 Å². The van der Waals surface area contributed by atoms with Crippen LogP contribution in [0.1, 0.15) is 38.2 Å². The second-order valence-electron chi connectivity index (χ2n) is 5.25. The van der Waals surface area contributed by atoms with Crippen molar-refractivity contribution >= 4 is 11.6 Å². The van der Waals surface area contributed by atoms with E-state index in [1.165, 1.54) is 24.8 Å². The first-order chi connectivity index (χ1) is 7.73. The summed E-state index contributed by atoms with van der Waals surface area (Å²) in [4.78, 5) is 0. The zero-order valence-electron chi connectivity index (χ0n) is 9.63. The maximum Gasteiger partial charge on any atom is 0.123 e. The fourth-order valence-corrected chi connectivity index (χ4v) is 3.23. The predicted octanol–water partition coefficient (Wildman–Crippen LogP) is 4.18. The van der Waals surface area contributed by atoms with Crippen LogP contribution in [-0.4, -0.2) is 6.61 Å². The SMILES string of the molecule is CCCOc1ccc(Cl)cc1C12CC(C1)C2. The van der Waals surface area contributed by atoms with Gasteiger partial charge in [0.25, 0.3) is 0 Å². The van der Waals surface area contributed by atoms with E-state index in [2.05, 4.69) is 13.0 Å². The zero-order chi connectivity index (χ0) is 11.2. The molecule has 3 saturated carbocycles. The molecule has 0 unspecified atom stereocenters. The van der Waals surface area contributed by atoms with E-state index in [1.54, 1.807) is 0 Å². The molecule has 0 heterocycles. The molecule has 1 aromatic rings. The van der Waals surface area contributed by atoms with E-state index in [1.807, 2.05) is 12.1 Å². The van der Waals surface area contributed by atoms with Gasteiger partial charge in [-0.15, -0.1) is 0 Å². The molecule has 0 saturated heterocycles. The van der Waals surface area contributed by atoms with Crippen molar-refractivity contribution in [1.29, 1.82) is 0 Å². The Morgan fingerprint density at radius 2 is 2.12 bits per heavy atom. The number of benzene rings is 1. The number of hydrogen-bond donors (Lipinski definition) is 0. The van der Waals surface area contributed by atoms with Crippen LogP contribution in [0.3, 0.4) is 0 Å². The Kier molecular flexibility index (Phi) is 2.39. The lowest BCUT2D eigenvalue weighted by atomic mass is 9.42. The molecule has 86 valence electrons. The minimum atomic E-state index is 0.429. The molecular formula is C14H17ClO. The van der Waals surface area contributed by atoms with Crippen LogP contribution in [0.15, 0.2) is 18.2 Å². The van der Waals surface area contributed by atoms with Gasteiger partial charge in [0.1, 0.15) is 5.75 Å². The molecule has 1 nitrogen and oxygen atoms in total. The van der Waals surface area contributed by atoms with E-state index in [9.17, 15) is 0 Å². The molecule has 4 rings (SSSR count). The standard InChI is InChI=1S/C14H17ClO/c1-2-5-16-13-4-3-11(15)6-12(13)14-7-10(8-14)9-14/h3-4,6,10H,2,5,7-9H2,1H3. The largest absolute Gasteiger partial charge is 0.493 e. The van der Waals surface area contributed by atoms with E-state index in [-0.39, 0.29) is 0 Å². The summed E-state index contributed by atoms with van der Waals surface area (Å²) in [5.74, 6) is 2.04. The summed E-state index contributed by atoms with van der Waals surface area (Å²) >= 11 is 6.10. The zero-order valence-corrected chi connectivity index (χ0v) is 10.4. The number of rotatable bonds is 4. The monoisotopic (exact) mass is 236 g/mol. The molecule has 2 heteroatoms.